The topological polar surface area (TPSA) is 84.1 Å². The van der Waals surface area contributed by atoms with E-state index in [1.165, 1.54) is 7.11 Å². The molecule has 100 valence electrons. The van der Waals surface area contributed by atoms with Crippen LogP contribution in [0.15, 0.2) is 0 Å². The molecule has 1 aromatic heterocycles. The number of methoxy groups -OCH3 is 1. The predicted molar refractivity (Wildman–Crippen MR) is 66.2 cm³/mol. The molecular formula is C12H19N3O3. The number of ether oxygens (including phenoxy) is 1. The fraction of sp³-hybridized carbons (Fsp3) is 0.583. The maximum Gasteiger partial charge on any atom is 0.328 e. The minimum atomic E-state index is -0.656. The molecule has 1 rings (SSSR count). The van der Waals surface area contributed by atoms with Gasteiger partial charge in [-0.15, -0.1) is 0 Å². The standard InChI is InChI=1S/C12H19N3O3/c1-6(2)10(12(17)18-5)13-11(16)9-7(3)14-15-8(9)4/h6,10H,1-5H3,(H,13,16)(H,14,15). The summed E-state index contributed by atoms with van der Waals surface area (Å²) in [6, 6.07) is -0.656. The lowest BCUT2D eigenvalue weighted by molar-refractivity contribution is -0.144. The van der Waals surface area contributed by atoms with Crippen LogP contribution in [0.3, 0.4) is 0 Å². The van der Waals surface area contributed by atoms with Crippen molar-refractivity contribution >= 4 is 11.9 Å². The van der Waals surface area contributed by atoms with Crippen LogP contribution in [0.5, 0.6) is 0 Å². The number of hydrogen-bond donors (Lipinski definition) is 2. The second-order valence-electron chi connectivity index (χ2n) is 4.53. The van der Waals surface area contributed by atoms with Gasteiger partial charge in [-0.1, -0.05) is 13.8 Å². The molecule has 0 fully saturated rings. The summed E-state index contributed by atoms with van der Waals surface area (Å²) in [6.07, 6.45) is 0. The van der Waals surface area contributed by atoms with Crippen LogP contribution in [-0.4, -0.2) is 35.2 Å². The van der Waals surface area contributed by atoms with Gasteiger partial charge in [-0.25, -0.2) is 4.79 Å². The Morgan fingerprint density at radius 2 is 1.94 bits per heavy atom. The van der Waals surface area contributed by atoms with Gasteiger partial charge in [0.15, 0.2) is 0 Å². The highest BCUT2D eigenvalue weighted by Gasteiger charge is 2.27. The van der Waals surface area contributed by atoms with Crippen LogP contribution in [0, 0.1) is 19.8 Å². The van der Waals surface area contributed by atoms with E-state index in [4.69, 9.17) is 0 Å². The Bertz CT molecular complexity index is 432. The van der Waals surface area contributed by atoms with E-state index in [0.29, 0.717) is 17.0 Å². The number of aromatic amines is 1. The van der Waals surface area contributed by atoms with E-state index in [1.54, 1.807) is 13.8 Å². The first-order chi connectivity index (χ1) is 8.38. The van der Waals surface area contributed by atoms with Crippen LogP contribution in [0.4, 0.5) is 0 Å². The lowest BCUT2D eigenvalue weighted by Crippen LogP contribution is -2.45. The van der Waals surface area contributed by atoms with Gasteiger partial charge in [-0.2, -0.15) is 5.10 Å². The smallest absolute Gasteiger partial charge is 0.328 e. The maximum absolute atomic E-state index is 12.1. The molecule has 0 aliphatic carbocycles. The molecule has 6 nitrogen and oxygen atoms in total. The molecule has 1 amide bonds. The average Bonchev–Trinajstić information content (AvgIpc) is 2.64. The van der Waals surface area contributed by atoms with E-state index in [2.05, 4.69) is 20.3 Å². The number of aryl methyl sites for hydroxylation is 2. The summed E-state index contributed by atoms with van der Waals surface area (Å²) < 4.78 is 4.68. The van der Waals surface area contributed by atoms with Crippen molar-refractivity contribution in [2.45, 2.75) is 33.7 Å². The van der Waals surface area contributed by atoms with Crippen molar-refractivity contribution in [2.75, 3.05) is 7.11 Å². The summed E-state index contributed by atoms with van der Waals surface area (Å²) in [4.78, 5) is 23.7. The average molecular weight is 253 g/mol. The second kappa shape index (κ2) is 5.66. The van der Waals surface area contributed by atoms with Crippen LogP contribution < -0.4 is 5.32 Å². The summed E-state index contributed by atoms with van der Waals surface area (Å²) >= 11 is 0. The molecule has 1 aromatic rings. The summed E-state index contributed by atoms with van der Waals surface area (Å²) in [7, 11) is 1.30. The number of amides is 1. The monoisotopic (exact) mass is 253 g/mol. The van der Waals surface area contributed by atoms with Crippen LogP contribution >= 0.6 is 0 Å². The summed E-state index contributed by atoms with van der Waals surface area (Å²) in [5, 5.41) is 9.37. The lowest BCUT2D eigenvalue weighted by Gasteiger charge is -2.19. The quantitative estimate of drug-likeness (QED) is 0.783. The van der Waals surface area contributed by atoms with Gasteiger partial charge in [-0.3, -0.25) is 9.89 Å². The number of rotatable bonds is 4. The zero-order chi connectivity index (χ0) is 13.9. The number of nitrogens with one attached hydrogen (secondary N) is 2. The van der Waals surface area contributed by atoms with E-state index in [0.717, 1.165) is 0 Å². The molecule has 0 spiro atoms. The Kier molecular flexibility index (Phi) is 4.47. The molecule has 2 N–H and O–H groups in total. The molecule has 0 saturated carbocycles. The van der Waals surface area contributed by atoms with Crippen molar-refractivity contribution in [3.8, 4) is 0 Å². The van der Waals surface area contributed by atoms with E-state index in [9.17, 15) is 9.59 Å². The molecule has 0 aromatic carbocycles. The third kappa shape index (κ3) is 2.88. The molecule has 0 radical (unpaired) electrons. The molecule has 1 heterocycles. The third-order valence-electron chi connectivity index (χ3n) is 2.76. The number of H-pyrrole nitrogens is 1. The van der Waals surface area contributed by atoms with Crippen molar-refractivity contribution < 1.29 is 14.3 Å². The van der Waals surface area contributed by atoms with Crippen LogP contribution in [0.25, 0.3) is 0 Å². The van der Waals surface area contributed by atoms with Crippen molar-refractivity contribution in [1.82, 2.24) is 15.5 Å². The number of carbonyl (C=O) groups excluding carboxylic acids is 2. The molecule has 6 heteroatoms. The van der Waals surface area contributed by atoms with Crippen molar-refractivity contribution in [2.24, 2.45) is 5.92 Å². The Labute approximate surface area is 106 Å². The molecule has 1 unspecified atom stereocenters. The van der Waals surface area contributed by atoms with Crippen molar-refractivity contribution in [3.05, 3.63) is 17.0 Å². The molecule has 0 bridgehead atoms. The predicted octanol–water partition coefficient (Wildman–Crippen LogP) is 0.954. The van der Waals surface area contributed by atoms with Crippen LogP contribution in [0.1, 0.15) is 35.6 Å². The van der Waals surface area contributed by atoms with Gasteiger partial charge in [0, 0.05) is 5.69 Å². The van der Waals surface area contributed by atoms with Gasteiger partial charge in [0.2, 0.25) is 0 Å². The highest BCUT2D eigenvalue weighted by molar-refractivity contribution is 5.98. The molecule has 0 saturated heterocycles. The first-order valence-corrected chi connectivity index (χ1v) is 5.78. The molecular weight excluding hydrogens is 234 g/mol. The highest BCUT2D eigenvalue weighted by atomic mass is 16.5. The fourth-order valence-corrected chi connectivity index (χ4v) is 1.72. The molecule has 1 atom stereocenters. The first kappa shape index (κ1) is 14.2. The summed E-state index contributed by atoms with van der Waals surface area (Å²) in [5.41, 5.74) is 1.76. The number of carbonyl (C=O) groups is 2. The first-order valence-electron chi connectivity index (χ1n) is 5.78. The van der Waals surface area contributed by atoms with Crippen molar-refractivity contribution in [1.29, 1.82) is 0 Å². The Morgan fingerprint density at radius 3 is 2.33 bits per heavy atom. The number of aromatic nitrogens is 2. The number of nitrogens with zero attached hydrogens (tertiary/aromatic N) is 1. The van der Waals surface area contributed by atoms with Gasteiger partial charge in [0.1, 0.15) is 6.04 Å². The lowest BCUT2D eigenvalue weighted by atomic mass is 10.0. The largest absolute Gasteiger partial charge is 0.467 e. The van der Waals surface area contributed by atoms with Gasteiger partial charge in [-0.05, 0) is 19.8 Å². The zero-order valence-electron chi connectivity index (χ0n) is 11.3. The van der Waals surface area contributed by atoms with Crippen LogP contribution in [-0.2, 0) is 9.53 Å². The highest BCUT2D eigenvalue weighted by Crippen LogP contribution is 2.11. The molecule has 18 heavy (non-hydrogen) atoms. The van der Waals surface area contributed by atoms with Gasteiger partial charge >= 0.3 is 5.97 Å². The Morgan fingerprint density at radius 1 is 1.33 bits per heavy atom. The zero-order valence-corrected chi connectivity index (χ0v) is 11.3. The minimum Gasteiger partial charge on any atom is -0.467 e. The summed E-state index contributed by atoms with van der Waals surface area (Å²) in [5.74, 6) is -0.811. The normalized spacial score (nSPS) is 12.3. The van der Waals surface area contributed by atoms with Gasteiger partial charge in [0.25, 0.3) is 5.91 Å². The van der Waals surface area contributed by atoms with E-state index in [-0.39, 0.29) is 11.8 Å². The van der Waals surface area contributed by atoms with Crippen LogP contribution in [0.2, 0.25) is 0 Å². The van der Waals surface area contributed by atoms with Gasteiger partial charge in [0.05, 0.1) is 18.4 Å². The van der Waals surface area contributed by atoms with E-state index >= 15 is 0 Å². The maximum atomic E-state index is 12.1. The fourth-order valence-electron chi connectivity index (χ4n) is 1.72. The Balaban J connectivity index is 2.89. The Hall–Kier alpha value is -1.85. The molecule has 0 aliphatic heterocycles. The second-order valence-corrected chi connectivity index (χ2v) is 4.53. The van der Waals surface area contributed by atoms with E-state index in [1.807, 2.05) is 13.8 Å². The van der Waals surface area contributed by atoms with E-state index < -0.39 is 12.0 Å². The van der Waals surface area contributed by atoms with Crippen molar-refractivity contribution in [3.63, 3.8) is 0 Å². The molecule has 0 aliphatic rings. The SMILES string of the molecule is COC(=O)C(NC(=O)c1c(C)n[nH]c1C)C(C)C. The number of esters is 1. The minimum absolute atomic E-state index is 0.0473. The number of hydrogen-bond acceptors (Lipinski definition) is 4. The third-order valence-corrected chi connectivity index (χ3v) is 2.76. The summed E-state index contributed by atoms with van der Waals surface area (Å²) in [6.45, 7) is 7.19. The van der Waals surface area contributed by atoms with Gasteiger partial charge < -0.3 is 10.1 Å².